The van der Waals surface area contributed by atoms with E-state index in [4.69, 9.17) is 0 Å². The van der Waals surface area contributed by atoms with Crippen molar-refractivity contribution >= 4 is 5.97 Å². The van der Waals surface area contributed by atoms with Crippen molar-refractivity contribution < 1.29 is 9.90 Å². The fraction of sp³-hybridized carbons (Fsp3) is 0.0714. The van der Waals surface area contributed by atoms with Gasteiger partial charge < -0.3 is 5.11 Å². The lowest BCUT2D eigenvalue weighted by Crippen LogP contribution is -2.12. The second-order valence-electron chi connectivity index (χ2n) is 3.59. The molecule has 0 spiro atoms. The molecule has 0 aliphatic heterocycles. The minimum Gasteiger partial charge on any atom is -0.481 e. The summed E-state index contributed by atoms with van der Waals surface area (Å²) in [6.07, 6.45) is 0. The highest BCUT2D eigenvalue weighted by molar-refractivity contribution is 5.80. The van der Waals surface area contributed by atoms with Crippen LogP contribution in [0.3, 0.4) is 0 Å². The summed E-state index contributed by atoms with van der Waals surface area (Å²) in [6.45, 7) is 0. The Labute approximate surface area is 94.2 Å². The summed E-state index contributed by atoms with van der Waals surface area (Å²) in [6, 6.07) is 18.5. The third-order valence-corrected chi connectivity index (χ3v) is 2.51. The molecular weight excluding hydrogens is 201 g/mol. The lowest BCUT2D eigenvalue weighted by atomic mass is 10.1. The van der Waals surface area contributed by atoms with Crippen LogP contribution in [0.2, 0.25) is 0 Å². The normalized spacial score (nSPS) is 10.3. The van der Waals surface area contributed by atoms with Crippen LogP contribution in [0.15, 0.2) is 60.7 Å². The molecule has 2 heteroatoms. The number of benzene rings is 2. The highest BCUT2D eigenvalue weighted by atomic mass is 16.4. The minimum absolute atomic E-state index is 0.581. The van der Waals surface area contributed by atoms with Crippen LogP contribution in [0.5, 0.6) is 0 Å². The van der Waals surface area contributed by atoms with Crippen molar-refractivity contribution in [1.82, 2.24) is 0 Å². The fourth-order valence-electron chi connectivity index (χ4n) is 1.77. The monoisotopic (exact) mass is 213 g/mol. The van der Waals surface area contributed by atoms with Crippen LogP contribution in [0.25, 0.3) is 0 Å². The highest BCUT2D eigenvalue weighted by Crippen LogP contribution is 2.24. The average Bonchev–Trinajstić information content (AvgIpc) is 2.31. The number of rotatable bonds is 3. The lowest BCUT2D eigenvalue weighted by Gasteiger charge is -2.12. The molecule has 0 atom stereocenters. The van der Waals surface area contributed by atoms with Crippen molar-refractivity contribution in [2.75, 3.05) is 0 Å². The molecular formula is C14H12O2. The first-order chi connectivity index (χ1) is 7.79. The fourth-order valence-corrected chi connectivity index (χ4v) is 1.77. The molecule has 0 heterocycles. The van der Waals surface area contributed by atoms with Crippen LogP contribution in [-0.4, -0.2) is 11.1 Å². The Balaban J connectivity index is 2.44. The zero-order chi connectivity index (χ0) is 11.4. The standard InChI is InChI=1S/C14H12O2/c15-14(16)13(11-7-3-1-4-8-11)12-9-5-2-6-10-12/h1-10,13H,(H,15,16)/i13+1. The van der Waals surface area contributed by atoms with Gasteiger partial charge in [-0.1, -0.05) is 60.7 Å². The van der Waals surface area contributed by atoms with E-state index in [0.29, 0.717) is 0 Å². The van der Waals surface area contributed by atoms with E-state index < -0.39 is 11.9 Å². The second kappa shape index (κ2) is 4.62. The van der Waals surface area contributed by atoms with Gasteiger partial charge >= 0.3 is 5.97 Å². The average molecular weight is 213 g/mol. The number of hydrogen-bond donors (Lipinski definition) is 1. The third-order valence-electron chi connectivity index (χ3n) is 2.51. The highest BCUT2D eigenvalue weighted by Gasteiger charge is 2.20. The molecule has 0 bridgehead atoms. The van der Waals surface area contributed by atoms with E-state index in [1.165, 1.54) is 0 Å². The molecule has 0 aromatic heterocycles. The molecule has 0 aliphatic carbocycles. The van der Waals surface area contributed by atoms with Crippen LogP contribution in [0, 0.1) is 0 Å². The molecule has 80 valence electrons. The molecule has 16 heavy (non-hydrogen) atoms. The molecule has 0 aliphatic rings. The Hall–Kier alpha value is -2.09. The zero-order valence-electron chi connectivity index (χ0n) is 8.71. The molecule has 2 aromatic rings. The van der Waals surface area contributed by atoms with Gasteiger partial charge in [0, 0.05) is 0 Å². The van der Waals surface area contributed by atoms with Crippen molar-refractivity contribution in [1.29, 1.82) is 0 Å². The maximum atomic E-state index is 11.3. The number of carboxylic acids is 1. The molecule has 2 rings (SSSR count). The van der Waals surface area contributed by atoms with E-state index in [2.05, 4.69) is 0 Å². The van der Waals surface area contributed by atoms with Crippen LogP contribution < -0.4 is 0 Å². The Bertz CT molecular complexity index is 423. The molecule has 0 saturated heterocycles. The van der Waals surface area contributed by atoms with Gasteiger partial charge in [-0.3, -0.25) is 4.79 Å². The van der Waals surface area contributed by atoms with E-state index >= 15 is 0 Å². The molecule has 2 aromatic carbocycles. The quantitative estimate of drug-likeness (QED) is 0.796. The first-order valence-electron chi connectivity index (χ1n) is 5.12. The molecule has 0 saturated carbocycles. The van der Waals surface area contributed by atoms with Gasteiger partial charge in [-0.25, -0.2) is 0 Å². The number of aliphatic carboxylic acids is 1. The molecule has 0 unspecified atom stereocenters. The van der Waals surface area contributed by atoms with Gasteiger partial charge in [-0.05, 0) is 11.1 Å². The van der Waals surface area contributed by atoms with Crippen LogP contribution in [0.1, 0.15) is 17.0 Å². The van der Waals surface area contributed by atoms with Crippen molar-refractivity contribution in [3.05, 3.63) is 71.8 Å². The summed E-state index contributed by atoms with van der Waals surface area (Å²) in [7, 11) is 0. The molecule has 0 amide bonds. The van der Waals surface area contributed by atoms with Crippen molar-refractivity contribution in [3.63, 3.8) is 0 Å². The SMILES string of the molecule is O=C(O)[13CH](c1ccccc1)c1ccccc1. The number of carboxylic acid groups (broad SMARTS) is 1. The van der Waals surface area contributed by atoms with Crippen molar-refractivity contribution in [2.24, 2.45) is 0 Å². The summed E-state index contributed by atoms with van der Waals surface area (Å²) in [4.78, 5) is 11.3. The summed E-state index contributed by atoms with van der Waals surface area (Å²) < 4.78 is 0. The van der Waals surface area contributed by atoms with E-state index in [1.54, 1.807) is 0 Å². The summed E-state index contributed by atoms with van der Waals surface area (Å²) in [5.74, 6) is -1.40. The first-order valence-corrected chi connectivity index (χ1v) is 5.12. The maximum absolute atomic E-state index is 11.3. The van der Waals surface area contributed by atoms with Gasteiger partial charge in [0.05, 0.1) is 0 Å². The van der Waals surface area contributed by atoms with Crippen LogP contribution in [0.4, 0.5) is 0 Å². The van der Waals surface area contributed by atoms with Crippen molar-refractivity contribution in [3.8, 4) is 0 Å². The molecule has 0 radical (unpaired) electrons. The van der Waals surface area contributed by atoms with Crippen LogP contribution >= 0.6 is 0 Å². The van der Waals surface area contributed by atoms with E-state index in [1.807, 2.05) is 60.7 Å². The van der Waals surface area contributed by atoms with Gasteiger partial charge in [0.15, 0.2) is 0 Å². The second-order valence-corrected chi connectivity index (χ2v) is 3.59. The number of hydrogen-bond acceptors (Lipinski definition) is 1. The summed E-state index contributed by atoms with van der Waals surface area (Å²) in [5, 5.41) is 9.28. The minimum atomic E-state index is -0.822. The Kier molecular flexibility index (Phi) is 3.01. The molecule has 0 fully saturated rings. The smallest absolute Gasteiger partial charge is 0.315 e. The van der Waals surface area contributed by atoms with Gasteiger partial charge in [-0.15, -0.1) is 0 Å². The van der Waals surface area contributed by atoms with Gasteiger partial charge in [-0.2, -0.15) is 0 Å². The van der Waals surface area contributed by atoms with Crippen LogP contribution in [-0.2, 0) is 4.79 Å². The lowest BCUT2D eigenvalue weighted by molar-refractivity contribution is -0.137. The number of carbonyl (C=O) groups is 1. The van der Waals surface area contributed by atoms with Crippen molar-refractivity contribution in [2.45, 2.75) is 5.92 Å². The summed E-state index contributed by atoms with van der Waals surface area (Å²) >= 11 is 0. The first kappa shape index (κ1) is 10.4. The maximum Gasteiger partial charge on any atom is 0.315 e. The topological polar surface area (TPSA) is 37.3 Å². The Morgan fingerprint density at radius 3 is 1.50 bits per heavy atom. The van der Waals surface area contributed by atoms with Gasteiger partial charge in [0.2, 0.25) is 0 Å². The zero-order valence-corrected chi connectivity index (χ0v) is 8.71. The predicted molar refractivity (Wildman–Crippen MR) is 62.4 cm³/mol. The Morgan fingerprint density at radius 1 is 0.812 bits per heavy atom. The van der Waals surface area contributed by atoms with E-state index in [-0.39, 0.29) is 0 Å². The van der Waals surface area contributed by atoms with Gasteiger partial charge in [0.25, 0.3) is 0 Å². The summed E-state index contributed by atoms with van der Waals surface area (Å²) in [5.41, 5.74) is 1.61. The largest absolute Gasteiger partial charge is 0.481 e. The van der Waals surface area contributed by atoms with E-state index in [9.17, 15) is 9.90 Å². The molecule has 1 N–H and O–H groups in total. The van der Waals surface area contributed by atoms with E-state index in [0.717, 1.165) is 11.1 Å². The predicted octanol–water partition coefficient (Wildman–Crippen LogP) is 2.90. The molecule has 2 nitrogen and oxygen atoms in total. The van der Waals surface area contributed by atoms with Gasteiger partial charge in [0.1, 0.15) is 5.92 Å². The Morgan fingerprint density at radius 2 is 1.19 bits per heavy atom. The third kappa shape index (κ3) is 2.11.